The van der Waals surface area contributed by atoms with Gasteiger partial charge in [-0.2, -0.15) is 0 Å². The summed E-state index contributed by atoms with van der Waals surface area (Å²) in [5.41, 5.74) is 7.93. The Bertz CT molecular complexity index is 490. The van der Waals surface area contributed by atoms with Crippen molar-refractivity contribution >= 4 is 5.69 Å². The fourth-order valence-electron chi connectivity index (χ4n) is 1.82. The number of nitrogens with two attached hydrogens (primary N) is 1. The summed E-state index contributed by atoms with van der Waals surface area (Å²) in [5, 5.41) is 0. The number of nitrogen functional groups attached to an aromatic ring is 1. The SMILES string of the molecule is CN(Cc1ccccc1N)Cc1nccn1C. The molecule has 0 unspecified atom stereocenters. The van der Waals surface area contributed by atoms with Crippen molar-refractivity contribution in [3.63, 3.8) is 0 Å². The summed E-state index contributed by atoms with van der Waals surface area (Å²) in [7, 11) is 4.08. The van der Waals surface area contributed by atoms with Crippen LogP contribution in [0.5, 0.6) is 0 Å². The number of aromatic nitrogens is 2. The molecule has 2 rings (SSSR count). The molecular formula is C13H18N4. The number of anilines is 1. The average Bonchev–Trinajstić information content (AvgIpc) is 2.68. The zero-order valence-corrected chi connectivity index (χ0v) is 10.3. The molecule has 2 aromatic rings. The second-order valence-electron chi connectivity index (χ2n) is 4.33. The topological polar surface area (TPSA) is 47.1 Å². The zero-order chi connectivity index (χ0) is 12.3. The minimum absolute atomic E-state index is 0.817. The fraction of sp³-hybridized carbons (Fsp3) is 0.308. The maximum absolute atomic E-state index is 5.92. The summed E-state index contributed by atoms with van der Waals surface area (Å²) in [6.07, 6.45) is 3.78. The molecule has 0 amide bonds. The van der Waals surface area contributed by atoms with E-state index < -0.39 is 0 Å². The predicted molar refractivity (Wildman–Crippen MR) is 69.2 cm³/mol. The first-order chi connectivity index (χ1) is 8.16. The normalized spacial score (nSPS) is 11.0. The van der Waals surface area contributed by atoms with Gasteiger partial charge in [-0.15, -0.1) is 0 Å². The third-order valence-electron chi connectivity index (χ3n) is 2.83. The summed E-state index contributed by atoms with van der Waals surface area (Å²) < 4.78 is 2.03. The Morgan fingerprint density at radius 1 is 1.29 bits per heavy atom. The van der Waals surface area contributed by atoms with Gasteiger partial charge in [-0.05, 0) is 18.7 Å². The van der Waals surface area contributed by atoms with Crippen molar-refractivity contribution in [1.82, 2.24) is 14.5 Å². The van der Waals surface area contributed by atoms with Crippen LogP contribution in [0.1, 0.15) is 11.4 Å². The van der Waals surface area contributed by atoms with E-state index in [0.29, 0.717) is 0 Å². The van der Waals surface area contributed by atoms with Gasteiger partial charge in [0.05, 0.1) is 6.54 Å². The number of rotatable bonds is 4. The van der Waals surface area contributed by atoms with Gasteiger partial charge >= 0.3 is 0 Å². The first-order valence-electron chi connectivity index (χ1n) is 5.65. The molecule has 0 aliphatic carbocycles. The van der Waals surface area contributed by atoms with Crippen molar-refractivity contribution in [2.24, 2.45) is 7.05 Å². The number of benzene rings is 1. The molecule has 90 valence electrons. The van der Waals surface area contributed by atoms with Gasteiger partial charge in [0.25, 0.3) is 0 Å². The van der Waals surface area contributed by atoms with Crippen LogP contribution in [-0.2, 0) is 20.1 Å². The van der Waals surface area contributed by atoms with Crippen LogP contribution in [0.2, 0.25) is 0 Å². The van der Waals surface area contributed by atoms with E-state index in [2.05, 4.69) is 23.0 Å². The van der Waals surface area contributed by atoms with Gasteiger partial charge in [-0.3, -0.25) is 4.90 Å². The van der Waals surface area contributed by atoms with Crippen molar-refractivity contribution in [2.75, 3.05) is 12.8 Å². The van der Waals surface area contributed by atoms with Gasteiger partial charge in [0.2, 0.25) is 0 Å². The summed E-state index contributed by atoms with van der Waals surface area (Å²) in [5.74, 6) is 1.06. The van der Waals surface area contributed by atoms with Gasteiger partial charge in [-0.25, -0.2) is 4.98 Å². The van der Waals surface area contributed by atoms with E-state index >= 15 is 0 Å². The van der Waals surface area contributed by atoms with Gasteiger partial charge in [0, 0.05) is 31.7 Å². The Balaban J connectivity index is 2.01. The molecule has 0 saturated carbocycles. The summed E-state index contributed by atoms with van der Waals surface area (Å²) in [6, 6.07) is 7.96. The average molecular weight is 230 g/mol. The molecule has 1 heterocycles. The monoisotopic (exact) mass is 230 g/mol. The Morgan fingerprint density at radius 3 is 2.71 bits per heavy atom. The quantitative estimate of drug-likeness (QED) is 0.812. The lowest BCUT2D eigenvalue weighted by atomic mass is 10.2. The van der Waals surface area contributed by atoms with Gasteiger partial charge < -0.3 is 10.3 Å². The summed E-state index contributed by atoms with van der Waals surface area (Å²) in [4.78, 5) is 6.51. The van der Waals surface area contributed by atoms with Crippen LogP contribution in [0, 0.1) is 0 Å². The maximum Gasteiger partial charge on any atom is 0.122 e. The smallest absolute Gasteiger partial charge is 0.122 e. The number of aryl methyl sites for hydroxylation is 1. The van der Waals surface area contributed by atoms with E-state index in [1.54, 1.807) is 0 Å². The minimum atomic E-state index is 0.817. The third-order valence-corrected chi connectivity index (χ3v) is 2.83. The van der Waals surface area contributed by atoms with Gasteiger partial charge in [-0.1, -0.05) is 18.2 Å². The molecular weight excluding hydrogens is 212 g/mol. The number of hydrogen-bond acceptors (Lipinski definition) is 3. The molecule has 0 radical (unpaired) electrons. The molecule has 2 N–H and O–H groups in total. The maximum atomic E-state index is 5.92. The molecule has 0 aliphatic heterocycles. The molecule has 0 aliphatic rings. The molecule has 1 aromatic heterocycles. The van der Waals surface area contributed by atoms with Crippen LogP contribution in [0.3, 0.4) is 0 Å². The Hall–Kier alpha value is -1.81. The lowest BCUT2D eigenvalue weighted by Crippen LogP contribution is -2.20. The third kappa shape index (κ3) is 2.85. The number of imidazole rings is 1. The largest absolute Gasteiger partial charge is 0.398 e. The van der Waals surface area contributed by atoms with E-state index in [4.69, 9.17) is 5.73 Å². The highest BCUT2D eigenvalue weighted by molar-refractivity contribution is 5.46. The minimum Gasteiger partial charge on any atom is -0.398 e. The Labute approximate surface area is 102 Å². The van der Waals surface area contributed by atoms with Crippen LogP contribution in [-0.4, -0.2) is 21.5 Å². The van der Waals surface area contributed by atoms with Crippen molar-refractivity contribution in [3.8, 4) is 0 Å². The molecule has 1 aromatic carbocycles. The van der Waals surface area contributed by atoms with Crippen LogP contribution < -0.4 is 5.73 Å². The van der Waals surface area contributed by atoms with E-state index in [1.165, 1.54) is 0 Å². The number of para-hydroxylation sites is 1. The zero-order valence-electron chi connectivity index (χ0n) is 10.3. The number of hydrogen-bond donors (Lipinski definition) is 1. The van der Waals surface area contributed by atoms with Gasteiger partial charge in [0.15, 0.2) is 0 Å². The predicted octanol–water partition coefficient (Wildman–Crippen LogP) is 1.63. The highest BCUT2D eigenvalue weighted by Gasteiger charge is 2.06. The molecule has 4 nitrogen and oxygen atoms in total. The second kappa shape index (κ2) is 5.01. The van der Waals surface area contributed by atoms with E-state index in [9.17, 15) is 0 Å². The fourth-order valence-corrected chi connectivity index (χ4v) is 1.82. The van der Waals surface area contributed by atoms with Crippen molar-refractivity contribution in [2.45, 2.75) is 13.1 Å². The molecule has 0 atom stereocenters. The first kappa shape index (κ1) is 11.7. The van der Waals surface area contributed by atoms with Crippen molar-refractivity contribution < 1.29 is 0 Å². The molecule has 4 heteroatoms. The highest BCUT2D eigenvalue weighted by atomic mass is 15.1. The highest BCUT2D eigenvalue weighted by Crippen LogP contribution is 2.13. The van der Waals surface area contributed by atoms with Crippen LogP contribution in [0.25, 0.3) is 0 Å². The number of nitrogens with zero attached hydrogens (tertiary/aromatic N) is 3. The molecule has 0 bridgehead atoms. The van der Waals surface area contributed by atoms with Crippen LogP contribution in [0.15, 0.2) is 36.7 Å². The van der Waals surface area contributed by atoms with Crippen molar-refractivity contribution in [3.05, 3.63) is 48.0 Å². The molecule has 17 heavy (non-hydrogen) atoms. The lowest BCUT2D eigenvalue weighted by Gasteiger charge is -2.17. The Morgan fingerprint density at radius 2 is 2.06 bits per heavy atom. The van der Waals surface area contributed by atoms with Crippen LogP contribution in [0.4, 0.5) is 5.69 Å². The molecule has 0 saturated heterocycles. The van der Waals surface area contributed by atoms with E-state index in [-0.39, 0.29) is 0 Å². The van der Waals surface area contributed by atoms with Crippen molar-refractivity contribution in [1.29, 1.82) is 0 Å². The molecule has 0 spiro atoms. The lowest BCUT2D eigenvalue weighted by molar-refractivity contribution is 0.307. The summed E-state index contributed by atoms with van der Waals surface area (Å²) >= 11 is 0. The van der Waals surface area contributed by atoms with E-state index in [0.717, 1.165) is 30.2 Å². The Kier molecular flexibility index (Phi) is 3.44. The molecule has 0 fully saturated rings. The second-order valence-corrected chi connectivity index (χ2v) is 4.33. The summed E-state index contributed by atoms with van der Waals surface area (Å²) in [6.45, 7) is 1.65. The van der Waals surface area contributed by atoms with Crippen LogP contribution >= 0.6 is 0 Å². The first-order valence-corrected chi connectivity index (χ1v) is 5.65. The van der Waals surface area contributed by atoms with Gasteiger partial charge in [0.1, 0.15) is 5.82 Å². The van der Waals surface area contributed by atoms with E-state index in [1.807, 2.05) is 42.2 Å². The standard InChI is InChI=1S/C13H18N4/c1-16(10-13-15-7-8-17(13)2)9-11-5-3-4-6-12(11)14/h3-8H,9-10,14H2,1-2H3.